The maximum atomic E-state index is 15.0. The molecule has 0 radical (unpaired) electrons. The van der Waals surface area contributed by atoms with Gasteiger partial charge in [-0.1, -0.05) is 0 Å². The highest BCUT2D eigenvalue weighted by Gasteiger charge is 2.45. The van der Waals surface area contributed by atoms with Gasteiger partial charge in [0.05, 0.1) is 44.0 Å². The van der Waals surface area contributed by atoms with Crippen LogP contribution in [0.5, 0.6) is 11.5 Å². The molecule has 2 aromatic rings. The monoisotopic (exact) mass is 823 g/mol. The first-order valence-electron chi connectivity index (χ1n) is 20.9. The van der Waals surface area contributed by atoms with Crippen molar-refractivity contribution in [1.82, 2.24) is 24.7 Å². The van der Waals surface area contributed by atoms with E-state index in [4.69, 9.17) is 23.7 Å². The van der Waals surface area contributed by atoms with E-state index in [1.807, 2.05) is 20.8 Å². The van der Waals surface area contributed by atoms with Crippen molar-refractivity contribution in [3.05, 3.63) is 47.0 Å². The van der Waals surface area contributed by atoms with Gasteiger partial charge in [-0.25, -0.2) is 14.4 Å². The van der Waals surface area contributed by atoms with Gasteiger partial charge in [-0.3, -0.25) is 19.7 Å². The SMILES string of the molecule is COc1c(C(=O)[C@@H]2CCCC(c3cncc(C(O)[C@@H]4CCCCN4C(=O)OC(C)(C)C)c3OC)N2C(=O)OC(C)(C)C)cncc1C1CCCCN1C(=O)OC(C)(C)C. The molecule has 3 unspecified atom stereocenters. The fourth-order valence-electron chi connectivity index (χ4n) is 8.42. The molecule has 15 heteroatoms. The molecular weight excluding hydrogens is 759 g/mol. The molecule has 0 spiro atoms. The van der Waals surface area contributed by atoms with E-state index >= 15 is 0 Å². The molecule has 15 nitrogen and oxygen atoms in total. The second-order valence-corrected chi connectivity index (χ2v) is 18.7. The van der Waals surface area contributed by atoms with Crippen LogP contribution in [0.1, 0.15) is 165 Å². The van der Waals surface area contributed by atoms with E-state index in [1.54, 1.807) is 63.7 Å². The van der Waals surface area contributed by atoms with Crippen LogP contribution in [0.15, 0.2) is 24.8 Å². The van der Waals surface area contributed by atoms with Gasteiger partial charge in [0.15, 0.2) is 5.78 Å². The molecule has 3 fully saturated rings. The van der Waals surface area contributed by atoms with Crippen molar-refractivity contribution in [1.29, 1.82) is 0 Å². The van der Waals surface area contributed by atoms with E-state index < -0.39 is 71.1 Å². The number of aliphatic hydroxyl groups is 1. The van der Waals surface area contributed by atoms with Crippen LogP contribution in [0.2, 0.25) is 0 Å². The number of carbonyl (C=O) groups is 4. The second kappa shape index (κ2) is 18.3. The van der Waals surface area contributed by atoms with Gasteiger partial charge in [-0.05, 0) is 120 Å². The number of ketones is 1. The molecule has 5 atom stereocenters. The lowest BCUT2D eigenvalue weighted by Gasteiger charge is -2.43. The van der Waals surface area contributed by atoms with Gasteiger partial charge in [-0.15, -0.1) is 0 Å². The lowest BCUT2D eigenvalue weighted by Crippen LogP contribution is -2.51. The summed E-state index contributed by atoms with van der Waals surface area (Å²) in [5, 5.41) is 12.0. The summed E-state index contributed by atoms with van der Waals surface area (Å²) in [5.74, 6) is 0.183. The number of nitrogens with zero attached hydrogens (tertiary/aromatic N) is 5. The fraction of sp³-hybridized carbons (Fsp3) is 0.682. The van der Waals surface area contributed by atoms with Gasteiger partial charge in [0.25, 0.3) is 0 Å². The summed E-state index contributed by atoms with van der Waals surface area (Å²) in [6.45, 7) is 17.0. The average molecular weight is 824 g/mol. The molecule has 326 valence electrons. The van der Waals surface area contributed by atoms with Gasteiger partial charge in [0, 0.05) is 54.6 Å². The van der Waals surface area contributed by atoms with Crippen molar-refractivity contribution >= 4 is 24.1 Å². The first kappa shape index (κ1) is 45.4. The van der Waals surface area contributed by atoms with Crippen LogP contribution in [-0.2, 0) is 14.2 Å². The van der Waals surface area contributed by atoms with Crippen molar-refractivity contribution in [2.45, 2.75) is 167 Å². The zero-order chi connectivity index (χ0) is 43.4. The zero-order valence-electron chi connectivity index (χ0n) is 36.8. The Balaban J connectivity index is 1.55. The molecule has 0 bridgehead atoms. The number of Topliss-reactive ketones (excluding diaryl/α,β-unsaturated/α-hetero) is 1. The molecule has 2 aromatic heterocycles. The van der Waals surface area contributed by atoms with E-state index in [-0.39, 0.29) is 11.3 Å². The molecule has 5 rings (SSSR count). The number of aromatic nitrogens is 2. The third-order valence-corrected chi connectivity index (χ3v) is 10.8. The molecule has 3 aliphatic heterocycles. The maximum absolute atomic E-state index is 15.0. The number of ether oxygens (including phenoxy) is 5. The largest absolute Gasteiger partial charge is 0.496 e. The Morgan fingerprint density at radius 2 is 1.14 bits per heavy atom. The van der Waals surface area contributed by atoms with Crippen molar-refractivity contribution in [2.24, 2.45) is 0 Å². The Labute approximate surface area is 349 Å². The highest BCUT2D eigenvalue weighted by Crippen LogP contribution is 2.45. The minimum atomic E-state index is -1.20. The lowest BCUT2D eigenvalue weighted by molar-refractivity contribution is -0.0177. The summed E-state index contributed by atoms with van der Waals surface area (Å²) in [4.78, 5) is 69.9. The van der Waals surface area contributed by atoms with E-state index in [9.17, 15) is 24.3 Å². The molecule has 59 heavy (non-hydrogen) atoms. The van der Waals surface area contributed by atoms with Gasteiger partial charge in [0.2, 0.25) is 0 Å². The first-order chi connectivity index (χ1) is 27.7. The van der Waals surface area contributed by atoms with Gasteiger partial charge >= 0.3 is 18.3 Å². The highest BCUT2D eigenvalue weighted by molar-refractivity contribution is 6.04. The number of hydrogen-bond acceptors (Lipinski definition) is 12. The number of hydrogen-bond donors (Lipinski definition) is 1. The van der Waals surface area contributed by atoms with E-state index in [2.05, 4.69) is 9.97 Å². The van der Waals surface area contributed by atoms with Crippen LogP contribution in [0.4, 0.5) is 14.4 Å². The van der Waals surface area contributed by atoms with Gasteiger partial charge in [0.1, 0.15) is 34.4 Å². The van der Waals surface area contributed by atoms with Gasteiger partial charge < -0.3 is 38.6 Å². The van der Waals surface area contributed by atoms with Crippen LogP contribution in [0, 0.1) is 0 Å². The maximum Gasteiger partial charge on any atom is 0.411 e. The molecule has 1 N–H and O–H groups in total. The van der Waals surface area contributed by atoms with Gasteiger partial charge in [-0.2, -0.15) is 0 Å². The number of pyridine rings is 2. The fourth-order valence-corrected chi connectivity index (χ4v) is 8.42. The Morgan fingerprint density at radius 3 is 1.73 bits per heavy atom. The van der Waals surface area contributed by atoms with Crippen LogP contribution in [0.25, 0.3) is 0 Å². The Bertz CT molecular complexity index is 1830. The summed E-state index contributed by atoms with van der Waals surface area (Å²) in [5.41, 5.74) is -0.729. The molecule has 0 saturated carbocycles. The van der Waals surface area contributed by atoms with Crippen molar-refractivity contribution in [3.8, 4) is 11.5 Å². The molecule has 0 aliphatic carbocycles. The van der Waals surface area contributed by atoms with Crippen LogP contribution in [-0.4, -0.2) is 110 Å². The van der Waals surface area contributed by atoms with E-state index in [1.165, 1.54) is 31.5 Å². The Morgan fingerprint density at radius 1 is 0.627 bits per heavy atom. The van der Waals surface area contributed by atoms with E-state index in [0.717, 1.165) is 25.7 Å². The molecule has 5 heterocycles. The Kier molecular flexibility index (Phi) is 14.1. The number of carbonyl (C=O) groups excluding carboxylic acids is 4. The van der Waals surface area contributed by atoms with Crippen LogP contribution >= 0.6 is 0 Å². The molecule has 0 aromatic carbocycles. The summed E-state index contributed by atoms with van der Waals surface area (Å²) in [6.07, 6.45) is 9.01. The molecular formula is C44H65N5O10. The third kappa shape index (κ3) is 10.8. The van der Waals surface area contributed by atoms with Crippen molar-refractivity contribution < 1.29 is 48.0 Å². The Hall–Kier alpha value is -4.66. The minimum Gasteiger partial charge on any atom is -0.496 e. The highest BCUT2D eigenvalue weighted by atomic mass is 16.6. The molecule has 3 amide bonds. The van der Waals surface area contributed by atoms with Crippen molar-refractivity contribution in [3.63, 3.8) is 0 Å². The average Bonchev–Trinajstić information content (AvgIpc) is 3.17. The second-order valence-electron chi connectivity index (χ2n) is 18.7. The smallest absolute Gasteiger partial charge is 0.411 e. The molecule has 3 saturated heterocycles. The first-order valence-corrected chi connectivity index (χ1v) is 20.9. The zero-order valence-corrected chi connectivity index (χ0v) is 36.8. The molecule has 3 aliphatic rings. The summed E-state index contributed by atoms with van der Waals surface area (Å²) < 4.78 is 29.5. The standard InChI is InChI=1S/C44H65N5O10/c1-42(2,3)57-39(52)47-21-14-12-17-31(47)27-23-45-26-30(37(27)55-10)36(51)34-20-16-19-32(49(34)41(54)59-44(7,8)9)28-24-46-25-29(38(28)56-11)35(50)33-18-13-15-22-48(33)40(53)58-43(4,5)6/h23-26,31-35,50H,12-22H2,1-11H3/t31?,32?,33-,34-,35?/m0/s1. The lowest BCUT2D eigenvalue weighted by atomic mass is 9.85. The topological polar surface area (TPSA) is 170 Å². The number of aliphatic hydroxyl groups excluding tert-OH is 1. The number of rotatable bonds is 8. The normalized spacial score (nSPS) is 22.3. The summed E-state index contributed by atoms with van der Waals surface area (Å²) >= 11 is 0. The number of piperidine rings is 3. The van der Waals surface area contributed by atoms with Crippen molar-refractivity contribution in [2.75, 3.05) is 27.3 Å². The quantitative estimate of drug-likeness (QED) is 0.199. The number of methoxy groups -OCH3 is 2. The van der Waals surface area contributed by atoms with Crippen LogP contribution < -0.4 is 9.47 Å². The van der Waals surface area contributed by atoms with Crippen LogP contribution in [0.3, 0.4) is 0 Å². The summed E-state index contributed by atoms with van der Waals surface area (Å²) in [6, 6.07) is -2.83. The third-order valence-electron chi connectivity index (χ3n) is 10.8. The predicted octanol–water partition coefficient (Wildman–Crippen LogP) is 8.49. The summed E-state index contributed by atoms with van der Waals surface area (Å²) in [7, 11) is 2.97. The van der Waals surface area contributed by atoms with E-state index in [0.29, 0.717) is 67.6 Å². The minimum absolute atomic E-state index is 0.174. The number of likely N-dealkylation sites (tertiary alicyclic amines) is 3. The predicted molar refractivity (Wildman–Crippen MR) is 219 cm³/mol. The number of amides is 3.